The van der Waals surface area contributed by atoms with Crippen molar-refractivity contribution in [3.05, 3.63) is 264 Å². The van der Waals surface area contributed by atoms with Crippen LogP contribution in [0.5, 0.6) is 0 Å². The van der Waals surface area contributed by atoms with Crippen LogP contribution in [0.1, 0.15) is 141 Å². The zero-order valence-corrected chi connectivity index (χ0v) is 60.7. The smallest absolute Gasteiger partial charge is 0.339 e. The molecule has 0 N–H and O–H groups in total. The highest BCUT2D eigenvalue weighted by Crippen LogP contribution is 2.67. The standard InChI is InChI=1S/C95H90O10/c1-7-58(56(2)3)37-36-57(4)82-40-41-83-77-39-38-71-54-72(42-44-94(71,5)84(77)43-45-95(82,83)6)101-93-88(105-92(99)76-35-19-31-70-49-62-23-11-15-27-66(62)53-81(70)76)87(104-91(98)75-34-18-30-69-48-61-22-10-14-26-65(61)52-80(69)75)86(103-90(97)74-33-17-29-68-47-60-21-9-13-25-64(60)51-79(68)74)85(102-93)55-100-89(96)73-32-16-28-67-46-59-20-8-12-24-63(59)50-78(67)73/h8-38,46-53,56-58,72,77,82-88,93H,7,39-45,54-55H2,1-6H3/b37-36+/t57-,58-,72+,77+,82-,83+,84+,85-,86-,87+,88-,93-,94+,95-/m1/s1. The van der Waals surface area contributed by atoms with Crippen LogP contribution < -0.4 is 0 Å². The lowest BCUT2D eigenvalue weighted by Gasteiger charge is -2.58. The first-order valence-corrected chi connectivity index (χ1v) is 38.2. The topological polar surface area (TPSA) is 124 Å². The number of ether oxygens (including phenoxy) is 6. The summed E-state index contributed by atoms with van der Waals surface area (Å²) >= 11 is 0. The molecule has 12 aromatic carbocycles. The van der Waals surface area contributed by atoms with Crippen molar-refractivity contribution in [2.24, 2.45) is 52.3 Å². The summed E-state index contributed by atoms with van der Waals surface area (Å²) in [5, 5.41) is 13.6. The van der Waals surface area contributed by atoms with E-state index in [1.807, 2.05) is 182 Å². The Labute approximate surface area is 613 Å². The number of carbonyl (C=O) groups is 4. The number of benzene rings is 12. The molecule has 3 saturated carbocycles. The molecule has 14 atom stereocenters. The zero-order valence-electron chi connectivity index (χ0n) is 60.7. The molecule has 1 aliphatic heterocycles. The number of hydrogen-bond acceptors (Lipinski definition) is 10. The Morgan fingerprint density at radius 3 is 1.35 bits per heavy atom. The van der Waals surface area contributed by atoms with Gasteiger partial charge in [-0.2, -0.15) is 0 Å². The molecule has 1 saturated heterocycles. The second-order valence-corrected chi connectivity index (χ2v) is 31.7. The highest BCUT2D eigenvalue weighted by Gasteiger charge is 2.60. The fourth-order valence-corrected chi connectivity index (χ4v) is 20.0. The molecule has 0 amide bonds. The van der Waals surface area contributed by atoms with Crippen LogP contribution in [0.3, 0.4) is 0 Å². The van der Waals surface area contributed by atoms with Crippen LogP contribution >= 0.6 is 0 Å². The van der Waals surface area contributed by atoms with Crippen LogP contribution in [-0.2, 0) is 28.4 Å². The predicted molar refractivity (Wildman–Crippen MR) is 419 cm³/mol. The third kappa shape index (κ3) is 12.5. The average Bonchev–Trinajstić information content (AvgIpc) is 1.67. The lowest BCUT2D eigenvalue weighted by atomic mass is 9.47. The molecule has 0 bridgehead atoms. The maximum absolute atomic E-state index is 16.0. The third-order valence-corrected chi connectivity index (χ3v) is 25.6. The summed E-state index contributed by atoms with van der Waals surface area (Å²) < 4.78 is 42.5. The first kappa shape index (κ1) is 68.1. The summed E-state index contributed by atoms with van der Waals surface area (Å²) in [4.78, 5) is 62.9. The molecule has 1 heterocycles. The Morgan fingerprint density at radius 1 is 0.467 bits per heavy atom. The van der Waals surface area contributed by atoms with Crippen molar-refractivity contribution >= 4 is 110 Å². The molecule has 105 heavy (non-hydrogen) atoms. The highest BCUT2D eigenvalue weighted by atomic mass is 16.7. The second kappa shape index (κ2) is 27.8. The van der Waals surface area contributed by atoms with Crippen LogP contribution in [0.2, 0.25) is 0 Å². The lowest BCUT2D eigenvalue weighted by molar-refractivity contribution is -0.310. The summed E-state index contributed by atoms with van der Waals surface area (Å²) in [6, 6.07) is 70.1. The number of hydrogen-bond donors (Lipinski definition) is 0. The average molecular weight is 1390 g/mol. The number of carbonyl (C=O) groups excluding carboxylic acids is 4. The molecule has 10 nitrogen and oxygen atoms in total. The van der Waals surface area contributed by atoms with Gasteiger partial charge in [-0.1, -0.05) is 211 Å². The van der Waals surface area contributed by atoms with E-state index < -0.39 is 67.3 Å². The number of allylic oxidation sites excluding steroid dienone is 3. The molecule has 17 rings (SSSR count). The maximum Gasteiger partial charge on any atom is 0.339 e. The minimum absolute atomic E-state index is 0.0726. The van der Waals surface area contributed by atoms with Crippen molar-refractivity contribution in [3.63, 3.8) is 0 Å². The zero-order chi connectivity index (χ0) is 71.8. The fourth-order valence-electron chi connectivity index (χ4n) is 20.0. The molecule has 0 unspecified atom stereocenters. The fraction of sp³-hybridized carbons (Fsp3) is 0.326. The first-order valence-electron chi connectivity index (χ1n) is 38.2. The molecule has 12 aromatic rings. The minimum Gasteiger partial charge on any atom is -0.459 e. The maximum atomic E-state index is 16.0. The third-order valence-electron chi connectivity index (χ3n) is 25.6. The Kier molecular flexibility index (Phi) is 18.0. The van der Waals surface area contributed by atoms with Crippen LogP contribution in [0.4, 0.5) is 0 Å². The molecule has 4 fully saturated rings. The minimum atomic E-state index is -1.66. The van der Waals surface area contributed by atoms with Gasteiger partial charge in [0.25, 0.3) is 0 Å². The summed E-state index contributed by atoms with van der Waals surface area (Å²) in [7, 11) is 0. The second-order valence-electron chi connectivity index (χ2n) is 31.7. The molecule has 5 aliphatic rings. The van der Waals surface area contributed by atoms with Crippen molar-refractivity contribution in [2.75, 3.05) is 6.61 Å². The van der Waals surface area contributed by atoms with Gasteiger partial charge in [-0.15, -0.1) is 0 Å². The number of esters is 4. The van der Waals surface area contributed by atoms with Crippen molar-refractivity contribution in [2.45, 2.75) is 136 Å². The van der Waals surface area contributed by atoms with Gasteiger partial charge in [-0.25, -0.2) is 19.2 Å². The van der Waals surface area contributed by atoms with Gasteiger partial charge in [-0.3, -0.25) is 0 Å². The molecule has 4 aliphatic carbocycles. The first-order chi connectivity index (χ1) is 51.1. The van der Waals surface area contributed by atoms with E-state index in [-0.39, 0.29) is 27.5 Å². The molecule has 0 aromatic heterocycles. The Bertz CT molecular complexity index is 5490. The quantitative estimate of drug-likeness (QED) is 0.0400. The summed E-state index contributed by atoms with van der Waals surface area (Å²) in [6.45, 7) is 14.1. The van der Waals surface area contributed by atoms with E-state index in [1.165, 1.54) is 31.3 Å². The number of rotatable bonds is 16. The molecule has 0 spiro atoms. The van der Waals surface area contributed by atoms with Gasteiger partial charge >= 0.3 is 23.9 Å². The van der Waals surface area contributed by atoms with Crippen LogP contribution in [0, 0.1) is 52.3 Å². The van der Waals surface area contributed by atoms with Gasteiger partial charge in [0.2, 0.25) is 0 Å². The normalized spacial score (nSPS) is 25.8. The van der Waals surface area contributed by atoms with Crippen LogP contribution in [0.25, 0.3) is 86.2 Å². The van der Waals surface area contributed by atoms with Crippen molar-refractivity contribution in [1.29, 1.82) is 0 Å². The predicted octanol–water partition coefficient (Wildman–Crippen LogP) is 22.3. The van der Waals surface area contributed by atoms with Crippen molar-refractivity contribution in [1.82, 2.24) is 0 Å². The molecule has 10 heteroatoms. The van der Waals surface area contributed by atoms with Crippen molar-refractivity contribution in [3.8, 4) is 0 Å². The molecule has 0 radical (unpaired) electrons. The van der Waals surface area contributed by atoms with Gasteiger partial charge in [-0.05, 0) is 269 Å². The Morgan fingerprint density at radius 2 is 0.895 bits per heavy atom. The van der Waals surface area contributed by atoms with E-state index in [0.717, 1.165) is 83.9 Å². The van der Waals surface area contributed by atoms with Gasteiger partial charge in [0, 0.05) is 0 Å². The summed E-state index contributed by atoms with van der Waals surface area (Å²) in [5.74, 6) is 1.17. The van der Waals surface area contributed by atoms with E-state index in [4.69, 9.17) is 28.4 Å². The van der Waals surface area contributed by atoms with Crippen molar-refractivity contribution < 1.29 is 47.6 Å². The van der Waals surface area contributed by atoms with E-state index in [0.29, 0.717) is 81.4 Å². The van der Waals surface area contributed by atoms with E-state index in [1.54, 1.807) is 24.3 Å². The van der Waals surface area contributed by atoms with E-state index >= 15 is 19.2 Å². The lowest BCUT2D eigenvalue weighted by Crippen LogP contribution is -2.63. The summed E-state index contributed by atoms with van der Waals surface area (Å²) in [5.41, 5.74) is 2.60. The Hall–Kier alpha value is -10.0. The molecule has 530 valence electrons. The monoisotopic (exact) mass is 1390 g/mol. The van der Waals surface area contributed by atoms with Gasteiger partial charge in [0.1, 0.15) is 12.7 Å². The number of fused-ring (bicyclic) bond motifs is 13. The largest absolute Gasteiger partial charge is 0.459 e. The highest BCUT2D eigenvalue weighted by molar-refractivity contribution is 6.12. The SMILES string of the molecule is CC[C@H](/C=C/[C@@H](C)[C@H]1CC[C@H]2[C@@H]3CC=C4C[C@@H](O[C@@H]5O[C@H](COC(=O)c6cccc7cc8ccccc8cc67)[C@@H](OC(=O)c6cccc7cc8ccccc8cc67)[C@H](OC(=O)c6cccc7cc8ccccc8cc67)[C@H]5OC(=O)c5cccc6cc7ccccc7cc56)CC[C@]4(C)[C@H]3CC[C@]12C)C(C)C. The van der Waals surface area contributed by atoms with E-state index in [9.17, 15) is 0 Å². The van der Waals surface area contributed by atoms with Crippen LogP contribution in [-0.4, -0.2) is 67.3 Å². The molecular weight excluding hydrogens is 1300 g/mol. The van der Waals surface area contributed by atoms with Crippen LogP contribution in [0.15, 0.2) is 242 Å². The van der Waals surface area contributed by atoms with Gasteiger partial charge < -0.3 is 28.4 Å². The molecular formula is C95H90O10. The van der Waals surface area contributed by atoms with Gasteiger partial charge in [0.05, 0.1) is 28.4 Å². The summed E-state index contributed by atoms with van der Waals surface area (Å²) in [6.07, 6.45) is 8.62. The van der Waals surface area contributed by atoms with E-state index in [2.05, 4.69) is 71.9 Å². The van der Waals surface area contributed by atoms with Gasteiger partial charge in [0.15, 0.2) is 24.6 Å². The Balaban J connectivity index is 0.775.